The summed E-state index contributed by atoms with van der Waals surface area (Å²) in [5.41, 5.74) is -0.646. The molecule has 0 radical (unpaired) electrons. The van der Waals surface area contributed by atoms with Crippen LogP contribution in [0.5, 0.6) is 0 Å². The van der Waals surface area contributed by atoms with E-state index in [0.717, 1.165) is 38.5 Å². The van der Waals surface area contributed by atoms with Gasteiger partial charge in [-0.05, 0) is 44.1 Å². The number of anilines is 1. The summed E-state index contributed by atoms with van der Waals surface area (Å²) in [5.74, 6) is 0. The Morgan fingerprint density at radius 3 is 2.81 bits per heavy atom. The third-order valence-electron chi connectivity index (χ3n) is 3.77. The van der Waals surface area contributed by atoms with Crippen molar-refractivity contribution in [3.8, 4) is 6.07 Å². The Morgan fingerprint density at radius 1 is 1.43 bits per heavy atom. The number of nitrogens with zero attached hydrogens (tertiary/aromatic N) is 2. The van der Waals surface area contributed by atoms with E-state index in [-0.39, 0.29) is 11.6 Å². The smallest absolute Gasteiger partial charge is 0.381 e. The predicted octanol–water partition coefficient (Wildman–Crippen LogP) is 3.47. The maximum atomic E-state index is 12.7. The largest absolute Gasteiger partial charge is 0.417 e. The highest BCUT2D eigenvalue weighted by molar-refractivity contribution is 5.54. The molecule has 0 spiro atoms. The van der Waals surface area contributed by atoms with E-state index in [1.54, 1.807) is 6.07 Å². The summed E-state index contributed by atoms with van der Waals surface area (Å²) in [7, 11) is 0. The summed E-state index contributed by atoms with van der Waals surface area (Å²) >= 11 is 0. The molecule has 0 bridgehead atoms. The quantitative estimate of drug-likeness (QED) is 0.928. The second-order valence-electron chi connectivity index (χ2n) is 5.25. The maximum Gasteiger partial charge on any atom is 0.417 e. The number of nitriles is 1. The van der Waals surface area contributed by atoms with E-state index >= 15 is 0 Å². The van der Waals surface area contributed by atoms with Crippen LogP contribution < -0.4 is 5.32 Å². The van der Waals surface area contributed by atoms with Gasteiger partial charge in [-0.1, -0.05) is 6.92 Å². The molecule has 2 rings (SSSR count). The minimum Gasteiger partial charge on any atom is -0.381 e. The van der Waals surface area contributed by atoms with Crippen LogP contribution in [0, 0.1) is 11.3 Å². The molecule has 114 valence electrons. The van der Waals surface area contributed by atoms with E-state index in [4.69, 9.17) is 5.26 Å². The maximum absolute atomic E-state index is 12.7. The van der Waals surface area contributed by atoms with Gasteiger partial charge in [0.1, 0.15) is 0 Å². The van der Waals surface area contributed by atoms with Crippen molar-refractivity contribution >= 4 is 5.69 Å². The van der Waals surface area contributed by atoms with E-state index in [9.17, 15) is 13.2 Å². The minimum atomic E-state index is -4.49. The van der Waals surface area contributed by atoms with E-state index in [1.807, 2.05) is 0 Å². The third kappa shape index (κ3) is 3.88. The van der Waals surface area contributed by atoms with Crippen molar-refractivity contribution in [3.05, 3.63) is 29.3 Å². The van der Waals surface area contributed by atoms with Crippen molar-refractivity contribution in [2.75, 3.05) is 25.0 Å². The van der Waals surface area contributed by atoms with Crippen molar-refractivity contribution in [1.29, 1.82) is 5.26 Å². The van der Waals surface area contributed by atoms with Crippen LogP contribution in [-0.2, 0) is 6.18 Å². The molecule has 0 aliphatic carbocycles. The number of rotatable bonds is 3. The molecule has 0 aromatic heterocycles. The zero-order chi connectivity index (χ0) is 15.5. The first kappa shape index (κ1) is 15.6. The molecule has 1 aromatic carbocycles. The molecule has 0 saturated carbocycles. The van der Waals surface area contributed by atoms with Crippen LogP contribution in [0.3, 0.4) is 0 Å². The highest BCUT2D eigenvalue weighted by atomic mass is 19.4. The van der Waals surface area contributed by atoms with Gasteiger partial charge in [-0.25, -0.2) is 0 Å². The molecule has 1 unspecified atom stereocenters. The van der Waals surface area contributed by atoms with Gasteiger partial charge in [0.15, 0.2) is 0 Å². The van der Waals surface area contributed by atoms with E-state index < -0.39 is 11.7 Å². The zero-order valence-corrected chi connectivity index (χ0v) is 11.9. The number of benzene rings is 1. The van der Waals surface area contributed by atoms with Gasteiger partial charge in [0.2, 0.25) is 0 Å². The van der Waals surface area contributed by atoms with Gasteiger partial charge < -0.3 is 10.2 Å². The lowest BCUT2D eigenvalue weighted by Gasteiger charge is -2.32. The van der Waals surface area contributed by atoms with Crippen molar-refractivity contribution in [2.24, 2.45) is 0 Å². The Bertz CT molecular complexity index is 534. The number of hydrogen-bond donors (Lipinski definition) is 1. The third-order valence-corrected chi connectivity index (χ3v) is 3.77. The molecule has 1 aromatic rings. The number of nitrogens with one attached hydrogen (secondary N) is 1. The molecule has 1 aliphatic rings. The summed E-state index contributed by atoms with van der Waals surface area (Å²) in [4.78, 5) is 2.30. The van der Waals surface area contributed by atoms with Gasteiger partial charge in [-0.15, -0.1) is 0 Å². The number of hydrogen-bond acceptors (Lipinski definition) is 3. The van der Waals surface area contributed by atoms with Gasteiger partial charge in [0, 0.05) is 18.3 Å². The lowest BCUT2D eigenvalue weighted by molar-refractivity contribution is -0.137. The van der Waals surface area contributed by atoms with Gasteiger partial charge in [-0.2, -0.15) is 18.4 Å². The van der Waals surface area contributed by atoms with Gasteiger partial charge in [-0.3, -0.25) is 0 Å². The summed E-state index contributed by atoms with van der Waals surface area (Å²) in [5, 5.41) is 12.1. The van der Waals surface area contributed by atoms with Crippen LogP contribution >= 0.6 is 0 Å². The molecule has 1 heterocycles. The fourth-order valence-electron chi connectivity index (χ4n) is 2.67. The molecular weight excluding hydrogens is 279 g/mol. The summed E-state index contributed by atoms with van der Waals surface area (Å²) in [6.45, 7) is 4.99. The number of likely N-dealkylation sites (N-methyl/N-ethyl adjacent to an activating group) is 1. The number of likely N-dealkylation sites (tertiary alicyclic amines) is 1. The summed E-state index contributed by atoms with van der Waals surface area (Å²) in [6.07, 6.45) is -2.44. The van der Waals surface area contributed by atoms with Crippen LogP contribution in [-0.4, -0.2) is 30.6 Å². The Balaban J connectivity index is 2.13. The normalized spacial score (nSPS) is 20.0. The van der Waals surface area contributed by atoms with Crippen LogP contribution in [0.2, 0.25) is 0 Å². The predicted molar refractivity (Wildman–Crippen MR) is 74.9 cm³/mol. The Kier molecular flexibility index (Phi) is 4.73. The zero-order valence-electron chi connectivity index (χ0n) is 11.9. The van der Waals surface area contributed by atoms with Gasteiger partial charge in [0.25, 0.3) is 0 Å². The minimum absolute atomic E-state index is 0.210. The highest BCUT2D eigenvalue weighted by Gasteiger charge is 2.33. The molecular formula is C15H18F3N3. The highest BCUT2D eigenvalue weighted by Crippen LogP contribution is 2.33. The molecule has 1 aliphatic heterocycles. The Hall–Kier alpha value is -1.74. The summed E-state index contributed by atoms with van der Waals surface area (Å²) < 4.78 is 38.2. The van der Waals surface area contributed by atoms with Gasteiger partial charge in [0.05, 0.1) is 17.2 Å². The first-order valence-corrected chi connectivity index (χ1v) is 7.04. The molecule has 1 N–H and O–H groups in total. The standard InChI is InChI=1S/C15H18F3N3/c1-2-21-7-3-4-13(10-21)20-12-5-6-14(15(16,17)18)11(8-12)9-19/h5-6,8,13,20H,2-4,7,10H2,1H3. The first-order chi connectivity index (χ1) is 9.94. The second kappa shape index (κ2) is 6.35. The average Bonchev–Trinajstić information content (AvgIpc) is 2.46. The Labute approximate surface area is 122 Å². The monoisotopic (exact) mass is 297 g/mol. The lowest BCUT2D eigenvalue weighted by Crippen LogP contribution is -2.41. The van der Waals surface area contributed by atoms with E-state index in [0.29, 0.717) is 5.69 Å². The van der Waals surface area contributed by atoms with Crippen molar-refractivity contribution < 1.29 is 13.2 Å². The SMILES string of the molecule is CCN1CCCC(Nc2ccc(C(F)(F)F)c(C#N)c2)C1. The molecule has 0 amide bonds. The molecule has 1 fully saturated rings. The molecule has 21 heavy (non-hydrogen) atoms. The number of alkyl halides is 3. The topological polar surface area (TPSA) is 39.1 Å². The fraction of sp³-hybridized carbons (Fsp3) is 0.533. The molecule has 6 heteroatoms. The molecule has 3 nitrogen and oxygen atoms in total. The fourth-order valence-corrected chi connectivity index (χ4v) is 2.67. The molecule has 1 atom stereocenters. The van der Waals surface area contributed by atoms with Crippen molar-refractivity contribution in [1.82, 2.24) is 4.90 Å². The first-order valence-electron chi connectivity index (χ1n) is 7.04. The van der Waals surface area contributed by atoms with Gasteiger partial charge >= 0.3 is 6.18 Å². The van der Waals surface area contributed by atoms with Crippen LogP contribution in [0.1, 0.15) is 30.9 Å². The summed E-state index contributed by atoms with van der Waals surface area (Å²) in [6, 6.07) is 5.50. The van der Waals surface area contributed by atoms with Crippen LogP contribution in [0.15, 0.2) is 18.2 Å². The van der Waals surface area contributed by atoms with Crippen LogP contribution in [0.4, 0.5) is 18.9 Å². The van der Waals surface area contributed by atoms with E-state index in [1.165, 1.54) is 12.1 Å². The number of halogens is 3. The molecule has 1 saturated heterocycles. The van der Waals surface area contributed by atoms with Crippen molar-refractivity contribution in [3.63, 3.8) is 0 Å². The lowest BCUT2D eigenvalue weighted by atomic mass is 10.0. The number of piperidine rings is 1. The van der Waals surface area contributed by atoms with E-state index in [2.05, 4.69) is 17.1 Å². The second-order valence-corrected chi connectivity index (χ2v) is 5.25. The average molecular weight is 297 g/mol. The Morgan fingerprint density at radius 2 is 2.19 bits per heavy atom. The van der Waals surface area contributed by atoms with Crippen molar-refractivity contribution in [2.45, 2.75) is 32.0 Å². The van der Waals surface area contributed by atoms with Crippen LogP contribution in [0.25, 0.3) is 0 Å².